The average Bonchev–Trinajstić information content (AvgIpc) is 2.96. The van der Waals surface area contributed by atoms with Crippen molar-refractivity contribution in [3.63, 3.8) is 0 Å². The molecule has 2 aliphatic rings. The van der Waals surface area contributed by atoms with Gasteiger partial charge in [-0.25, -0.2) is 0 Å². The number of fused-ring (bicyclic) bond motifs is 1. The van der Waals surface area contributed by atoms with Crippen molar-refractivity contribution in [2.75, 3.05) is 17.7 Å². The first-order chi connectivity index (χ1) is 15.5. The molecule has 4 nitrogen and oxygen atoms in total. The van der Waals surface area contributed by atoms with E-state index in [2.05, 4.69) is 10.6 Å². The van der Waals surface area contributed by atoms with Crippen LogP contribution in [0.4, 0.5) is 11.4 Å². The molecule has 3 aromatic carbocycles. The number of ketones is 1. The number of rotatable bonds is 3. The Bertz CT molecular complexity index is 1200. The maximum Gasteiger partial charge on any atom is 0.163 e. The van der Waals surface area contributed by atoms with E-state index in [9.17, 15) is 4.79 Å². The monoisotopic (exact) mass is 464 g/mol. The van der Waals surface area contributed by atoms with Crippen LogP contribution in [0, 0.1) is 0 Å². The maximum atomic E-state index is 13.5. The number of benzene rings is 3. The highest BCUT2D eigenvalue weighted by Gasteiger charge is 2.36. The van der Waals surface area contributed by atoms with Crippen LogP contribution in [0.1, 0.15) is 35.9 Å². The molecule has 0 bridgehead atoms. The van der Waals surface area contributed by atoms with Crippen LogP contribution in [0.2, 0.25) is 10.0 Å². The van der Waals surface area contributed by atoms with Crippen molar-refractivity contribution in [3.05, 3.63) is 99.2 Å². The van der Waals surface area contributed by atoms with Crippen molar-refractivity contribution < 1.29 is 9.53 Å². The number of allylic oxidation sites excluding steroid dienone is 1. The normalized spacial score (nSPS) is 19.9. The quantitative estimate of drug-likeness (QED) is 0.438. The smallest absolute Gasteiger partial charge is 0.163 e. The zero-order valence-corrected chi connectivity index (χ0v) is 19.0. The van der Waals surface area contributed by atoms with Gasteiger partial charge in [0.25, 0.3) is 0 Å². The highest BCUT2D eigenvalue weighted by Crippen LogP contribution is 2.45. The van der Waals surface area contributed by atoms with Crippen molar-refractivity contribution in [2.45, 2.75) is 24.8 Å². The maximum absolute atomic E-state index is 13.5. The number of carbonyl (C=O) groups is 1. The summed E-state index contributed by atoms with van der Waals surface area (Å²) in [7, 11) is 1.64. The number of anilines is 2. The summed E-state index contributed by atoms with van der Waals surface area (Å²) in [4.78, 5) is 13.5. The number of methoxy groups -OCH3 is 1. The van der Waals surface area contributed by atoms with Crippen LogP contribution < -0.4 is 15.4 Å². The lowest BCUT2D eigenvalue weighted by Gasteiger charge is -2.30. The van der Waals surface area contributed by atoms with Crippen LogP contribution in [-0.2, 0) is 4.79 Å². The number of nitrogens with one attached hydrogen (secondary N) is 2. The number of Topliss-reactive ketones (excluding diaryl/α,β-unsaturated/α-hetero) is 1. The Hall–Kier alpha value is -2.95. The van der Waals surface area contributed by atoms with Gasteiger partial charge in [-0.1, -0.05) is 47.5 Å². The summed E-state index contributed by atoms with van der Waals surface area (Å²) in [6.45, 7) is 0. The van der Waals surface area contributed by atoms with E-state index in [-0.39, 0.29) is 17.7 Å². The van der Waals surface area contributed by atoms with Crippen molar-refractivity contribution in [1.29, 1.82) is 0 Å². The Morgan fingerprint density at radius 2 is 1.53 bits per heavy atom. The highest BCUT2D eigenvalue weighted by molar-refractivity contribution is 6.31. The molecule has 2 N–H and O–H groups in total. The zero-order valence-electron chi connectivity index (χ0n) is 17.5. The Kier molecular flexibility index (Phi) is 5.58. The molecule has 162 valence electrons. The molecule has 1 aliphatic carbocycles. The first kappa shape index (κ1) is 20.9. The summed E-state index contributed by atoms with van der Waals surface area (Å²) in [6.07, 6.45) is 1.18. The van der Waals surface area contributed by atoms with Crippen molar-refractivity contribution >= 4 is 40.4 Å². The minimum Gasteiger partial charge on any atom is -0.497 e. The molecule has 0 fully saturated rings. The van der Waals surface area contributed by atoms with Gasteiger partial charge in [-0.2, -0.15) is 0 Å². The molecule has 0 saturated heterocycles. The zero-order chi connectivity index (χ0) is 22.2. The van der Waals surface area contributed by atoms with Crippen molar-refractivity contribution in [3.8, 4) is 5.75 Å². The molecule has 6 heteroatoms. The minimum absolute atomic E-state index is 0.0864. The molecule has 0 amide bonds. The summed E-state index contributed by atoms with van der Waals surface area (Å²) in [5, 5.41) is 8.43. The lowest BCUT2D eigenvalue weighted by Crippen LogP contribution is -2.26. The molecule has 0 aromatic heterocycles. The van der Waals surface area contributed by atoms with Gasteiger partial charge in [0.1, 0.15) is 5.75 Å². The molecule has 0 radical (unpaired) electrons. The van der Waals surface area contributed by atoms with Gasteiger partial charge in [-0.05, 0) is 65.9 Å². The second kappa shape index (κ2) is 8.53. The van der Waals surface area contributed by atoms with Crippen LogP contribution >= 0.6 is 23.2 Å². The van der Waals surface area contributed by atoms with E-state index in [4.69, 9.17) is 27.9 Å². The molecule has 32 heavy (non-hydrogen) atoms. The summed E-state index contributed by atoms with van der Waals surface area (Å²) < 4.78 is 5.31. The number of carbonyl (C=O) groups excluding carboxylic acids is 1. The lowest BCUT2D eigenvalue weighted by atomic mass is 9.78. The van der Waals surface area contributed by atoms with Gasteiger partial charge in [0.15, 0.2) is 5.78 Å². The Balaban J connectivity index is 1.60. The van der Waals surface area contributed by atoms with Gasteiger partial charge >= 0.3 is 0 Å². The van der Waals surface area contributed by atoms with E-state index in [1.54, 1.807) is 7.11 Å². The second-order valence-electron chi connectivity index (χ2n) is 8.14. The largest absolute Gasteiger partial charge is 0.497 e. The molecule has 1 aliphatic heterocycles. The number of halogens is 2. The number of ether oxygens (including phenoxy) is 1. The van der Waals surface area contributed by atoms with Crippen molar-refractivity contribution in [2.24, 2.45) is 0 Å². The van der Waals surface area contributed by atoms with E-state index in [0.717, 1.165) is 45.9 Å². The highest BCUT2D eigenvalue weighted by atomic mass is 35.5. The molecule has 0 spiro atoms. The Labute approximate surface area is 197 Å². The molecule has 0 saturated carbocycles. The van der Waals surface area contributed by atoms with Gasteiger partial charge in [0.2, 0.25) is 0 Å². The van der Waals surface area contributed by atoms with Crippen LogP contribution in [0.15, 0.2) is 78.0 Å². The molecule has 2 atom stereocenters. The average molecular weight is 465 g/mol. The first-order valence-corrected chi connectivity index (χ1v) is 11.3. The fraction of sp³-hybridized carbons (Fsp3) is 0.192. The summed E-state index contributed by atoms with van der Waals surface area (Å²) in [6, 6.07) is 21.0. The number of hydrogen-bond acceptors (Lipinski definition) is 4. The van der Waals surface area contributed by atoms with Crippen molar-refractivity contribution in [1.82, 2.24) is 0 Å². The fourth-order valence-electron chi connectivity index (χ4n) is 4.54. The van der Waals surface area contributed by atoms with Gasteiger partial charge in [-0.15, -0.1) is 0 Å². The van der Waals surface area contributed by atoms with Crippen LogP contribution in [0.3, 0.4) is 0 Å². The third kappa shape index (κ3) is 3.96. The summed E-state index contributed by atoms with van der Waals surface area (Å²) in [5.74, 6) is 0.994. The van der Waals surface area contributed by atoms with Gasteiger partial charge in [0, 0.05) is 27.7 Å². The first-order valence-electron chi connectivity index (χ1n) is 10.5. The van der Waals surface area contributed by atoms with E-state index in [1.165, 1.54) is 0 Å². The van der Waals surface area contributed by atoms with Gasteiger partial charge in [0.05, 0.1) is 24.5 Å². The molecule has 0 unspecified atom stereocenters. The van der Waals surface area contributed by atoms with Crippen LogP contribution in [0.25, 0.3) is 0 Å². The fourth-order valence-corrected chi connectivity index (χ4v) is 4.84. The lowest BCUT2D eigenvalue weighted by molar-refractivity contribution is -0.116. The third-order valence-electron chi connectivity index (χ3n) is 6.15. The summed E-state index contributed by atoms with van der Waals surface area (Å²) in [5.41, 5.74) is 5.58. The predicted octanol–water partition coefficient (Wildman–Crippen LogP) is 6.98. The van der Waals surface area contributed by atoms with E-state index in [0.29, 0.717) is 16.5 Å². The van der Waals surface area contributed by atoms with E-state index in [1.807, 2.05) is 66.7 Å². The summed E-state index contributed by atoms with van der Waals surface area (Å²) >= 11 is 12.4. The third-order valence-corrected chi connectivity index (χ3v) is 6.64. The number of hydrogen-bond donors (Lipinski definition) is 2. The van der Waals surface area contributed by atoms with E-state index >= 15 is 0 Å². The molecule has 3 aromatic rings. The molecule has 1 heterocycles. The predicted molar refractivity (Wildman–Crippen MR) is 130 cm³/mol. The molecule has 5 rings (SSSR count). The topological polar surface area (TPSA) is 50.4 Å². The standard InChI is InChI=1S/C26H22Cl2N2O2/c1-32-20-9-4-16(5-10-20)26-25-23(29-22-14-19(28)8-11-21(22)30-26)12-17(13-24(25)31)15-2-6-18(27)7-3-15/h2-11,14,17,26,29-30H,12-13H2,1H3/t17-,26-/m0/s1. The second-order valence-corrected chi connectivity index (χ2v) is 9.01. The van der Waals surface area contributed by atoms with E-state index < -0.39 is 0 Å². The Morgan fingerprint density at radius 1 is 0.844 bits per heavy atom. The van der Waals surface area contributed by atoms with Crippen LogP contribution in [0.5, 0.6) is 5.75 Å². The Morgan fingerprint density at radius 3 is 2.25 bits per heavy atom. The molecular weight excluding hydrogens is 443 g/mol. The minimum atomic E-state index is -0.274. The van der Waals surface area contributed by atoms with Gasteiger partial charge in [-0.3, -0.25) is 4.79 Å². The van der Waals surface area contributed by atoms with Crippen LogP contribution in [-0.4, -0.2) is 12.9 Å². The SMILES string of the molecule is COc1ccc([C@@H]2Nc3ccc(Cl)cc3NC3=C2C(=O)C[C@@H](c2ccc(Cl)cc2)C3)cc1. The molecular formula is C26H22Cl2N2O2. The van der Waals surface area contributed by atoms with Gasteiger partial charge < -0.3 is 15.4 Å².